The number of carbonyl (C=O) groups is 1. The fourth-order valence-electron chi connectivity index (χ4n) is 6.16. The lowest BCUT2D eigenvalue weighted by molar-refractivity contribution is 0.0720. The number of H-pyrrole nitrogens is 4. The van der Waals surface area contributed by atoms with Crippen LogP contribution in [0.2, 0.25) is 0 Å². The van der Waals surface area contributed by atoms with Crippen LogP contribution in [-0.2, 0) is 5.60 Å². The first kappa shape index (κ1) is 30.0. The summed E-state index contributed by atoms with van der Waals surface area (Å²) in [5.74, 6) is 0.167. The van der Waals surface area contributed by atoms with Gasteiger partial charge in [0.05, 0.1) is 37.5 Å². The smallest absolute Gasteiger partial charge is 0.162 e. The Kier molecular flexibility index (Phi) is 7.51. The molecule has 0 spiro atoms. The number of carbonyl (C=O) groups excluding carboxylic acids is 1. The monoisotopic (exact) mass is 669 g/mol. The molecule has 0 radical (unpaired) electrons. The highest BCUT2D eigenvalue weighted by Gasteiger charge is 2.31. The molecule has 7 heterocycles. The molecular formula is C37H31N7O2S2. The average Bonchev–Trinajstić information content (AvgIpc) is 3.96. The summed E-state index contributed by atoms with van der Waals surface area (Å²) >= 11 is 3.34. The van der Waals surface area contributed by atoms with Gasteiger partial charge in [0.2, 0.25) is 0 Å². The summed E-state index contributed by atoms with van der Waals surface area (Å²) in [6.45, 7) is 3.85. The van der Waals surface area contributed by atoms with Gasteiger partial charge in [-0.25, -0.2) is 0 Å². The van der Waals surface area contributed by atoms with Gasteiger partial charge >= 0.3 is 0 Å². The molecule has 0 saturated carbocycles. The van der Waals surface area contributed by atoms with Crippen molar-refractivity contribution in [1.82, 2.24) is 35.3 Å². The van der Waals surface area contributed by atoms with E-state index in [2.05, 4.69) is 52.9 Å². The lowest BCUT2D eigenvalue weighted by Gasteiger charge is -2.26. The van der Waals surface area contributed by atoms with Crippen molar-refractivity contribution in [3.8, 4) is 22.8 Å². The van der Waals surface area contributed by atoms with Gasteiger partial charge < -0.3 is 15.1 Å². The van der Waals surface area contributed by atoms with Crippen LogP contribution < -0.4 is 0 Å². The first-order valence-electron chi connectivity index (χ1n) is 15.7. The summed E-state index contributed by atoms with van der Waals surface area (Å²) in [7, 11) is 0. The van der Waals surface area contributed by atoms with Crippen molar-refractivity contribution in [1.29, 1.82) is 0 Å². The predicted octanol–water partition coefficient (Wildman–Crippen LogP) is 9.18. The minimum atomic E-state index is -1.11. The molecule has 5 N–H and O–H groups in total. The first-order valence-corrected chi connectivity index (χ1v) is 17.5. The Labute approximate surface area is 282 Å². The van der Waals surface area contributed by atoms with E-state index >= 15 is 0 Å². The Morgan fingerprint density at radius 2 is 1.38 bits per heavy atom. The molecule has 0 amide bonds. The summed E-state index contributed by atoms with van der Waals surface area (Å²) in [6.07, 6.45) is 2.78. The predicted molar refractivity (Wildman–Crippen MR) is 195 cm³/mol. The Bertz CT molecular complexity index is 2550. The molecule has 7 aromatic heterocycles. The summed E-state index contributed by atoms with van der Waals surface area (Å²) in [5.41, 5.74) is 9.08. The summed E-state index contributed by atoms with van der Waals surface area (Å²) in [5, 5.41) is 32.5. The maximum Gasteiger partial charge on any atom is 0.162 e. The number of ketones is 1. The number of rotatable bonds is 7. The number of hydrogen-bond acceptors (Lipinski definition) is 7. The zero-order valence-corrected chi connectivity index (χ0v) is 27.8. The van der Waals surface area contributed by atoms with E-state index in [0.717, 1.165) is 76.1 Å². The third kappa shape index (κ3) is 5.12. The van der Waals surface area contributed by atoms with Crippen LogP contribution in [0.1, 0.15) is 48.3 Å². The highest BCUT2D eigenvalue weighted by atomic mass is 32.1. The third-order valence-electron chi connectivity index (χ3n) is 8.81. The number of hydrogen-bond donors (Lipinski definition) is 5. The van der Waals surface area contributed by atoms with Gasteiger partial charge in [-0.05, 0) is 89.5 Å². The topological polar surface area (TPSA) is 139 Å². The molecule has 11 heteroatoms. The van der Waals surface area contributed by atoms with E-state index in [0.29, 0.717) is 18.5 Å². The maximum absolute atomic E-state index is 11.8. The zero-order chi connectivity index (χ0) is 32.8. The van der Waals surface area contributed by atoms with Crippen molar-refractivity contribution in [2.45, 2.75) is 32.3 Å². The minimum Gasteiger partial charge on any atom is -0.379 e. The molecule has 9 aromatic rings. The van der Waals surface area contributed by atoms with Crippen molar-refractivity contribution in [2.24, 2.45) is 0 Å². The van der Waals surface area contributed by atoms with E-state index in [1.165, 1.54) is 0 Å². The van der Waals surface area contributed by atoms with E-state index in [1.807, 2.05) is 86.0 Å². The van der Waals surface area contributed by atoms with Crippen molar-refractivity contribution >= 4 is 70.7 Å². The number of Topliss-reactive ketones (excluding diaryl/α,β-unsaturated/α-hetero) is 1. The number of thiophene rings is 2. The second-order valence-electron chi connectivity index (χ2n) is 11.6. The molecule has 0 bridgehead atoms. The lowest BCUT2D eigenvalue weighted by Crippen LogP contribution is -2.27. The van der Waals surface area contributed by atoms with E-state index < -0.39 is 5.60 Å². The number of aromatic amines is 4. The van der Waals surface area contributed by atoms with Crippen LogP contribution in [0.5, 0.6) is 0 Å². The van der Waals surface area contributed by atoms with Gasteiger partial charge in [-0.15, -0.1) is 22.7 Å². The van der Waals surface area contributed by atoms with Crippen LogP contribution in [-0.4, -0.2) is 46.2 Å². The number of benzene rings is 2. The van der Waals surface area contributed by atoms with Gasteiger partial charge in [0, 0.05) is 40.0 Å². The number of aliphatic hydroxyl groups is 1. The highest BCUT2D eigenvalue weighted by molar-refractivity contribution is 7.18. The van der Waals surface area contributed by atoms with Crippen LogP contribution in [0.4, 0.5) is 0 Å². The van der Waals surface area contributed by atoms with E-state index in [-0.39, 0.29) is 5.78 Å². The summed E-state index contributed by atoms with van der Waals surface area (Å²) in [4.78, 5) is 23.0. The summed E-state index contributed by atoms with van der Waals surface area (Å²) in [6, 6.07) is 25.6. The second-order valence-corrected chi connectivity index (χ2v) is 13.5. The molecule has 9 nitrogen and oxygen atoms in total. The lowest BCUT2D eigenvalue weighted by atomic mass is 9.87. The fourth-order valence-corrected chi connectivity index (χ4v) is 7.85. The zero-order valence-electron chi connectivity index (χ0n) is 26.2. The standard InChI is InChI=1S/C21H18N4OS.C16H13N3OS/c1-2-21(26,18-5-3-4-9-22-18)14-6-7-15-13(11-14)12-17(23-15)19-20-16(24-25-19)8-10-27-20;1-2-14(20)9-3-4-11-10(7-9)8-13(17-11)15-16-12(18-19-15)5-6-21-16/h3-12,23,26H,2H2,1H3,(H,24,25);3-8,17H,2H2,1H3,(H,18,19). The minimum absolute atomic E-state index is 0.167. The Morgan fingerprint density at radius 3 is 1.96 bits per heavy atom. The molecule has 0 aliphatic heterocycles. The maximum atomic E-state index is 11.8. The van der Waals surface area contributed by atoms with Gasteiger partial charge in [0.15, 0.2) is 5.78 Å². The molecule has 48 heavy (non-hydrogen) atoms. The normalized spacial score (nSPS) is 12.9. The molecule has 238 valence electrons. The number of nitrogens with one attached hydrogen (secondary N) is 4. The highest BCUT2D eigenvalue weighted by Crippen LogP contribution is 2.36. The molecule has 9 rings (SSSR count). The number of fused-ring (bicyclic) bond motifs is 4. The van der Waals surface area contributed by atoms with Gasteiger partial charge in [-0.1, -0.05) is 26.0 Å². The molecule has 0 aliphatic rings. The molecule has 0 fully saturated rings. The van der Waals surface area contributed by atoms with Crippen molar-refractivity contribution < 1.29 is 9.90 Å². The van der Waals surface area contributed by atoms with Crippen LogP contribution in [0.3, 0.4) is 0 Å². The van der Waals surface area contributed by atoms with Crippen LogP contribution in [0.25, 0.3) is 65.0 Å². The molecule has 1 unspecified atom stereocenters. The van der Waals surface area contributed by atoms with Gasteiger partial charge in [0.25, 0.3) is 0 Å². The van der Waals surface area contributed by atoms with E-state index in [9.17, 15) is 9.90 Å². The number of nitrogens with zero attached hydrogens (tertiary/aromatic N) is 3. The van der Waals surface area contributed by atoms with Crippen molar-refractivity contribution in [2.75, 3.05) is 0 Å². The molecule has 2 aromatic carbocycles. The fraction of sp³-hybridized carbons (Fsp3) is 0.135. The largest absolute Gasteiger partial charge is 0.379 e. The third-order valence-corrected chi connectivity index (χ3v) is 10.7. The van der Waals surface area contributed by atoms with Crippen LogP contribution >= 0.6 is 22.7 Å². The molecule has 1 atom stereocenters. The van der Waals surface area contributed by atoms with Crippen molar-refractivity contribution in [3.63, 3.8) is 0 Å². The number of pyridine rings is 1. The van der Waals surface area contributed by atoms with Crippen LogP contribution in [0.15, 0.2) is 95.8 Å². The molecule has 0 saturated heterocycles. The average molecular weight is 670 g/mol. The van der Waals surface area contributed by atoms with Crippen molar-refractivity contribution in [3.05, 3.63) is 113 Å². The Morgan fingerprint density at radius 1 is 0.750 bits per heavy atom. The second kappa shape index (κ2) is 12.0. The van der Waals surface area contributed by atoms with Gasteiger partial charge in [0.1, 0.15) is 17.0 Å². The van der Waals surface area contributed by atoms with E-state index in [1.54, 1.807) is 28.9 Å². The van der Waals surface area contributed by atoms with Gasteiger partial charge in [-0.3, -0.25) is 20.0 Å². The van der Waals surface area contributed by atoms with Gasteiger partial charge in [-0.2, -0.15) is 10.2 Å². The molecule has 0 aliphatic carbocycles. The SMILES string of the molecule is CCC(=O)c1ccc2[nH]c(-c3n[nH]c4ccsc34)cc2c1.CCC(O)(c1ccc2[nH]c(-c3n[nH]c4ccsc34)cc2c1)c1ccccn1. The van der Waals surface area contributed by atoms with E-state index in [4.69, 9.17) is 0 Å². The molecular weight excluding hydrogens is 639 g/mol. The summed E-state index contributed by atoms with van der Waals surface area (Å²) < 4.78 is 2.28. The Balaban J connectivity index is 0.000000145. The number of aromatic nitrogens is 7. The quantitative estimate of drug-likeness (QED) is 0.108. The first-order chi connectivity index (χ1) is 23.4. The Hall–Kier alpha value is -5.36. The van der Waals surface area contributed by atoms with Crippen LogP contribution in [0, 0.1) is 0 Å².